The van der Waals surface area contributed by atoms with Gasteiger partial charge in [-0.1, -0.05) is 6.58 Å². The normalized spacial score (nSPS) is 10.0. The highest BCUT2D eigenvalue weighted by Gasteiger charge is 2.08. The standard InChI is InChI=1S/C15H15FN4O2/c1-2-14(21)19-13-10-11(4-5-12(13)16)18-15(22)6-9-20-8-3-7-17-20/h2-5,7-8,10H,1,6,9H2,(H,18,22)(H,19,21). The summed E-state index contributed by atoms with van der Waals surface area (Å²) in [5.41, 5.74) is 0.376. The summed E-state index contributed by atoms with van der Waals surface area (Å²) < 4.78 is 15.2. The first-order valence-electron chi connectivity index (χ1n) is 6.59. The predicted octanol–water partition coefficient (Wildman–Crippen LogP) is 2.18. The summed E-state index contributed by atoms with van der Waals surface area (Å²) in [6.07, 6.45) is 4.66. The zero-order chi connectivity index (χ0) is 15.9. The van der Waals surface area contributed by atoms with E-state index in [1.165, 1.54) is 18.2 Å². The lowest BCUT2D eigenvalue weighted by molar-refractivity contribution is -0.116. The van der Waals surface area contributed by atoms with Gasteiger partial charge in [0.2, 0.25) is 11.8 Å². The Balaban J connectivity index is 1.96. The van der Waals surface area contributed by atoms with Gasteiger partial charge in [0, 0.05) is 31.0 Å². The third-order valence-electron chi connectivity index (χ3n) is 2.82. The molecule has 0 aliphatic heterocycles. The van der Waals surface area contributed by atoms with Crippen LogP contribution in [0.1, 0.15) is 6.42 Å². The molecular weight excluding hydrogens is 287 g/mol. The minimum absolute atomic E-state index is 0.0187. The van der Waals surface area contributed by atoms with Crippen molar-refractivity contribution >= 4 is 23.2 Å². The van der Waals surface area contributed by atoms with Gasteiger partial charge in [-0.2, -0.15) is 5.10 Å². The Labute approximate surface area is 126 Å². The second kappa shape index (κ2) is 7.16. The van der Waals surface area contributed by atoms with Crippen molar-refractivity contribution in [1.82, 2.24) is 9.78 Å². The van der Waals surface area contributed by atoms with Crippen LogP contribution in [0.3, 0.4) is 0 Å². The summed E-state index contributed by atoms with van der Waals surface area (Å²) in [5, 5.41) is 8.96. The molecule has 0 radical (unpaired) electrons. The van der Waals surface area contributed by atoms with Crippen LogP contribution in [0, 0.1) is 5.82 Å². The van der Waals surface area contributed by atoms with E-state index in [0.717, 1.165) is 6.08 Å². The van der Waals surface area contributed by atoms with Crippen molar-refractivity contribution in [2.24, 2.45) is 0 Å². The lowest BCUT2D eigenvalue weighted by atomic mass is 10.2. The molecule has 0 aliphatic carbocycles. The molecule has 22 heavy (non-hydrogen) atoms. The number of anilines is 2. The number of aryl methyl sites for hydroxylation is 1. The number of aromatic nitrogens is 2. The first-order valence-corrected chi connectivity index (χ1v) is 6.59. The molecule has 114 valence electrons. The Hall–Kier alpha value is -2.96. The maximum absolute atomic E-state index is 13.6. The number of nitrogens with zero attached hydrogens (tertiary/aromatic N) is 2. The summed E-state index contributed by atoms with van der Waals surface area (Å²) in [5.74, 6) is -1.35. The van der Waals surface area contributed by atoms with E-state index in [9.17, 15) is 14.0 Å². The molecule has 0 atom stereocenters. The van der Waals surface area contributed by atoms with Gasteiger partial charge in [-0.3, -0.25) is 14.3 Å². The third-order valence-corrected chi connectivity index (χ3v) is 2.82. The first kappa shape index (κ1) is 15.4. The zero-order valence-electron chi connectivity index (χ0n) is 11.8. The Morgan fingerprint density at radius 2 is 2.18 bits per heavy atom. The number of benzene rings is 1. The van der Waals surface area contributed by atoms with Crippen LogP contribution < -0.4 is 10.6 Å². The van der Waals surface area contributed by atoms with E-state index in [0.29, 0.717) is 12.2 Å². The molecule has 0 aliphatic rings. The molecular formula is C15H15FN4O2. The first-order chi connectivity index (χ1) is 10.6. The Morgan fingerprint density at radius 1 is 1.36 bits per heavy atom. The summed E-state index contributed by atoms with van der Waals surface area (Å²) >= 11 is 0. The quantitative estimate of drug-likeness (QED) is 0.803. The van der Waals surface area contributed by atoms with Crippen LogP contribution in [-0.2, 0) is 16.1 Å². The number of hydrogen-bond acceptors (Lipinski definition) is 3. The van der Waals surface area contributed by atoms with E-state index >= 15 is 0 Å². The molecule has 2 N–H and O–H groups in total. The van der Waals surface area contributed by atoms with Crippen molar-refractivity contribution in [3.8, 4) is 0 Å². The van der Waals surface area contributed by atoms with Crippen molar-refractivity contribution in [3.63, 3.8) is 0 Å². The number of carbonyl (C=O) groups is 2. The number of amides is 2. The van der Waals surface area contributed by atoms with Crippen LogP contribution in [-0.4, -0.2) is 21.6 Å². The molecule has 2 rings (SSSR count). The average molecular weight is 302 g/mol. The number of carbonyl (C=O) groups excluding carboxylic acids is 2. The smallest absolute Gasteiger partial charge is 0.247 e. The van der Waals surface area contributed by atoms with Crippen LogP contribution in [0.25, 0.3) is 0 Å². The predicted molar refractivity (Wildman–Crippen MR) is 80.7 cm³/mol. The Bertz CT molecular complexity index is 683. The molecule has 0 bridgehead atoms. The van der Waals surface area contributed by atoms with Crippen molar-refractivity contribution < 1.29 is 14.0 Å². The second-order valence-electron chi connectivity index (χ2n) is 4.46. The molecule has 0 saturated carbocycles. The van der Waals surface area contributed by atoms with Crippen LogP contribution in [0.4, 0.5) is 15.8 Å². The van der Waals surface area contributed by atoms with E-state index in [-0.39, 0.29) is 18.0 Å². The average Bonchev–Trinajstić information content (AvgIpc) is 3.02. The van der Waals surface area contributed by atoms with Gasteiger partial charge in [-0.25, -0.2) is 4.39 Å². The molecule has 0 saturated heterocycles. The lowest BCUT2D eigenvalue weighted by Gasteiger charge is -2.09. The number of halogens is 1. The number of rotatable bonds is 6. The molecule has 0 fully saturated rings. The highest BCUT2D eigenvalue weighted by atomic mass is 19.1. The van der Waals surface area contributed by atoms with Gasteiger partial charge in [0.1, 0.15) is 5.82 Å². The summed E-state index contributed by atoms with van der Waals surface area (Å²) in [6.45, 7) is 3.74. The van der Waals surface area contributed by atoms with Crippen LogP contribution >= 0.6 is 0 Å². The van der Waals surface area contributed by atoms with Crippen molar-refractivity contribution in [2.75, 3.05) is 10.6 Å². The maximum Gasteiger partial charge on any atom is 0.247 e. The van der Waals surface area contributed by atoms with Gasteiger partial charge in [0.05, 0.1) is 5.69 Å². The van der Waals surface area contributed by atoms with Crippen molar-refractivity contribution in [2.45, 2.75) is 13.0 Å². The zero-order valence-corrected chi connectivity index (χ0v) is 11.8. The van der Waals surface area contributed by atoms with Gasteiger partial charge in [0.15, 0.2) is 0 Å². The number of hydrogen-bond donors (Lipinski definition) is 2. The van der Waals surface area contributed by atoms with E-state index in [1.54, 1.807) is 23.1 Å². The largest absolute Gasteiger partial charge is 0.326 e. The second-order valence-corrected chi connectivity index (χ2v) is 4.46. The van der Waals surface area contributed by atoms with Gasteiger partial charge in [-0.05, 0) is 30.3 Å². The molecule has 0 unspecified atom stereocenters. The Morgan fingerprint density at radius 3 is 2.86 bits per heavy atom. The van der Waals surface area contributed by atoms with E-state index in [1.807, 2.05) is 0 Å². The van der Waals surface area contributed by atoms with Crippen molar-refractivity contribution in [3.05, 3.63) is 55.1 Å². The van der Waals surface area contributed by atoms with Gasteiger partial charge >= 0.3 is 0 Å². The SMILES string of the molecule is C=CC(=O)Nc1cc(NC(=O)CCn2cccn2)ccc1F. The lowest BCUT2D eigenvalue weighted by Crippen LogP contribution is -2.15. The van der Waals surface area contributed by atoms with Crippen LogP contribution in [0.2, 0.25) is 0 Å². The van der Waals surface area contributed by atoms with Crippen LogP contribution in [0.5, 0.6) is 0 Å². The molecule has 1 aromatic carbocycles. The van der Waals surface area contributed by atoms with Crippen LogP contribution in [0.15, 0.2) is 49.3 Å². The minimum Gasteiger partial charge on any atom is -0.326 e. The van der Waals surface area contributed by atoms with Gasteiger partial charge in [0.25, 0.3) is 0 Å². The summed E-state index contributed by atoms with van der Waals surface area (Å²) in [6, 6.07) is 5.71. The summed E-state index contributed by atoms with van der Waals surface area (Å²) in [7, 11) is 0. The molecule has 2 amide bonds. The molecule has 6 nitrogen and oxygen atoms in total. The number of nitrogens with one attached hydrogen (secondary N) is 2. The molecule has 7 heteroatoms. The Kier molecular flexibility index (Phi) is 5.02. The maximum atomic E-state index is 13.6. The third kappa shape index (κ3) is 4.27. The molecule has 1 aromatic heterocycles. The van der Waals surface area contributed by atoms with Gasteiger partial charge in [-0.15, -0.1) is 0 Å². The van der Waals surface area contributed by atoms with E-state index in [2.05, 4.69) is 22.3 Å². The fourth-order valence-corrected chi connectivity index (χ4v) is 1.75. The monoisotopic (exact) mass is 302 g/mol. The van der Waals surface area contributed by atoms with E-state index in [4.69, 9.17) is 0 Å². The molecule has 0 spiro atoms. The summed E-state index contributed by atoms with van der Waals surface area (Å²) in [4.78, 5) is 23.0. The topological polar surface area (TPSA) is 76.0 Å². The molecule has 2 aromatic rings. The van der Waals surface area contributed by atoms with E-state index < -0.39 is 11.7 Å². The highest BCUT2D eigenvalue weighted by molar-refractivity contribution is 5.99. The van der Waals surface area contributed by atoms with Crippen molar-refractivity contribution in [1.29, 1.82) is 0 Å². The minimum atomic E-state index is -0.593. The van der Waals surface area contributed by atoms with Gasteiger partial charge < -0.3 is 10.6 Å². The molecule has 1 heterocycles. The highest BCUT2D eigenvalue weighted by Crippen LogP contribution is 2.19. The fourth-order valence-electron chi connectivity index (χ4n) is 1.75. The fraction of sp³-hybridized carbons (Fsp3) is 0.133.